The molecule has 0 heterocycles. The molecule has 0 radical (unpaired) electrons. The average Bonchev–Trinajstić information content (AvgIpc) is 2.55. The number of carbonyl (C=O) groups is 1. The molecule has 0 aliphatic carbocycles. The Balaban J connectivity index is 2.08. The third kappa shape index (κ3) is 4.41. The monoisotopic (exact) mass is 347 g/mol. The molecule has 0 saturated carbocycles. The summed E-state index contributed by atoms with van der Waals surface area (Å²) in [5.74, 6) is -1.19. The van der Waals surface area contributed by atoms with E-state index in [-0.39, 0.29) is 28.6 Å². The third-order valence-corrected chi connectivity index (χ3v) is 3.13. The van der Waals surface area contributed by atoms with E-state index in [2.05, 4.69) is 5.32 Å². The van der Waals surface area contributed by atoms with Gasteiger partial charge in [0.15, 0.2) is 12.4 Å². The molecule has 2 rings (SSSR count). The first-order chi connectivity index (χ1) is 11.8. The Kier molecular flexibility index (Phi) is 5.12. The van der Waals surface area contributed by atoms with E-state index in [0.29, 0.717) is 5.56 Å². The van der Waals surface area contributed by atoms with E-state index >= 15 is 0 Å². The van der Waals surface area contributed by atoms with Crippen LogP contribution in [0.2, 0.25) is 0 Å². The molecule has 10 heteroatoms. The molecule has 0 aromatic heterocycles. The molecule has 130 valence electrons. The maximum atomic E-state index is 11.9. The lowest BCUT2D eigenvalue weighted by Crippen LogP contribution is -2.20. The van der Waals surface area contributed by atoms with Gasteiger partial charge < -0.3 is 15.2 Å². The molecular weight excluding hydrogens is 334 g/mol. The van der Waals surface area contributed by atoms with Crippen LogP contribution in [0, 0.1) is 27.2 Å². The Morgan fingerprint density at radius 3 is 2.52 bits per heavy atom. The topological polar surface area (TPSA) is 145 Å². The molecule has 0 atom stereocenters. The highest BCUT2D eigenvalue weighted by Gasteiger charge is 2.17. The zero-order chi connectivity index (χ0) is 18.6. The second-order valence-corrected chi connectivity index (χ2v) is 5.02. The maximum absolute atomic E-state index is 11.9. The largest absolute Gasteiger partial charge is 0.506 e. The standard InChI is InChI=1S/C15H13N3O7/c1-9-2-5-14(12(6-9)18(23)24)25-8-15(20)16-11-7-10(17(21)22)3-4-13(11)19/h2-7,19H,8H2,1H3,(H,16,20). The molecule has 0 bridgehead atoms. The summed E-state index contributed by atoms with van der Waals surface area (Å²) < 4.78 is 5.14. The number of hydrogen-bond acceptors (Lipinski definition) is 7. The van der Waals surface area contributed by atoms with Crippen LogP contribution in [-0.4, -0.2) is 27.5 Å². The lowest BCUT2D eigenvalue weighted by Gasteiger charge is -2.09. The summed E-state index contributed by atoms with van der Waals surface area (Å²) in [6.45, 7) is 1.10. The molecule has 0 unspecified atom stereocenters. The van der Waals surface area contributed by atoms with Crippen LogP contribution in [0.4, 0.5) is 17.1 Å². The van der Waals surface area contributed by atoms with Crippen LogP contribution >= 0.6 is 0 Å². The number of amides is 1. The van der Waals surface area contributed by atoms with Gasteiger partial charge in [-0.25, -0.2) is 0 Å². The first kappa shape index (κ1) is 17.7. The Labute approximate surface area is 141 Å². The van der Waals surface area contributed by atoms with Crippen molar-refractivity contribution in [2.45, 2.75) is 6.92 Å². The molecule has 1 amide bonds. The number of ether oxygens (including phenoxy) is 1. The highest BCUT2D eigenvalue weighted by Crippen LogP contribution is 2.29. The van der Waals surface area contributed by atoms with Gasteiger partial charge in [0.25, 0.3) is 11.6 Å². The number of anilines is 1. The van der Waals surface area contributed by atoms with Crippen molar-refractivity contribution in [3.63, 3.8) is 0 Å². The molecule has 0 spiro atoms. The van der Waals surface area contributed by atoms with E-state index in [1.165, 1.54) is 12.1 Å². The second-order valence-electron chi connectivity index (χ2n) is 5.02. The van der Waals surface area contributed by atoms with Gasteiger partial charge >= 0.3 is 5.69 Å². The maximum Gasteiger partial charge on any atom is 0.311 e. The summed E-state index contributed by atoms with van der Waals surface area (Å²) in [6.07, 6.45) is 0. The third-order valence-electron chi connectivity index (χ3n) is 3.13. The van der Waals surface area contributed by atoms with Crippen LogP contribution in [0.3, 0.4) is 0 Å². The van der Waals surface area contributed by atoms with Crippen LogP contribution in [0.1, 0.15) is 5.56 Å². The van der Waals surface area contributed by atoms with Gasteiger partial charge in [-0.15, -0.1) is 0 Å². The van der Waals surface area contributed by atoms with Gasteiger partial charge in [0.05, 0.1) is 15.5 Å². The van der Waals surface area contributed by atoms with Gasteiger partial charge in [-0.3, -0.25) is 25.0 Å². The Hall–Kier alpha value is -3.69. The number of nitro groups is 2. The number of nitrogens with zero attached hydrogens (tertiary/aromatic N) is 2. The quantitative estimate of drug-likeness (QED) is 0.464. The number of carbonyl (C=O) groups excluding carboxylic acids is 1. The SMILES string of the molecule is Cc1ccc(OCC(=O)Nc2cc([N+](=O)[O-])ccc2O)c([N+](=O)[O-])c1. The smallest absolute Gasteiger partial charge is 0.311 e. The molecule has 0 fully saturated rings. The molecule has 25 heavy (non-hydrogen) atoms. The minimum absolute atomic E-state index is 0.0889. The molecule has 2 N–H and O–H groups in total. The van der Waals surface area contributed by atoms with Crippen LogP contribution in [0.25, 0.3) is 0 Å². The number of aromatic hydroxyl groups is 1. The Morgan fingerprint density at radius 2 is 1.88 bits per heavy atom. The predicted octanol–water partition coefficient (Wildman–Crippen LogP) is 2.53. The highest BCUT2D eigenvalue weighted by molar-refractivity contribution is 5.93. The molecule has 0 saturated heterocycles. The van der Waals surface area contributed by atoms with E-state index in [1.807, 2.05) is 0 Å². The van der Waals surface area contributed by atoms with E-state index < -0.39 is 22.4 Å². The summed E-state index contributed by atoms with van der Waals surface area (Å²) in [7, 11) is 0. The lowest BCUT2D eigenvalue weighted by molar-refractivity contribution is -0.385. The van der Waals surface area contributed by atoms with E-state index in [9.17, 15) is 30.1 Å². The van der Waals surface area contributed by atoms with Crippen molar-refractivity contribution >= 4 is 23.0 Å². The molecule has 10 nitrogen and oxygen atoms in total. The number of aryl methyl sites for hydroxylation is 1. The van der Waals surface area contributed by atoms with Crippen molar-refractivity contribution in [1.82, 2.24) is 0 Å². The van der Waals surface area contributed by atoms with Gasteiger partial charge in [-0.05, 0) is 24.6 Å². The van der Waals surface area contributed by atoms with E-state index in [0.717, 1.165) is 18.2 Å². The molecular formula is C15H13N3O7. The minimum atomic E-state index is -0.745. The van der Waals surface area contributed by atoms with Crippen molar-refractivity contribution < 1.29 is 24.5 Å². The molecule has 2 aromatic carbocycles. The molecule has 0 aliphatic rings. The van der Waals surface area contributed by atoms with Crippen LogP contribution in [0.15, 0.2) is 36.4 Å². The number of phenolic OH excluding ortho intramolecular Hbond substituents is 1. The summed E-state index contributed by atoms with van der Waals surface area (Å²) in [6, 6.07) is 7.40. The van der Waals surface area contributed by atoms with E-state index in [4.69, 9.17) is 4.74 Å². The first-order valence-corrected chi connectivity index (χ1v) is 6.93. The summed E-state index contributed by atoms with van der Waals surface area (Å²) in [5.41, 5.74) is -0.111. The fourth-order valence-corrected chi connectivity index (χ4v) is 1.96. The van der Waals surface area contributed by atoms with Crippen molar-refractivity contribution in [2.75, 3.05) is 11.9 Å². The highest BCUT2D eigenvalue weighted by atomic mass is 16.6. The summed E-state index contributed by atoms with van der Waals surface area (Å²) in [5, 5.41) is 33.6. The zero-order valence-corrected chi connectivity index (χ0v) is 13.0. The van der Waals surface area contributed by atoms with Crippen molar-refractivity contribution in [3.8, 4) is 11.5 Å². The number of benzene rings is 2. The number of hydrogen-bond donors (Lipinski definition) is 2. The Morgan fingerprint density at radius 1 is 1.16 bits per heavy atom. The Bertz CT molecular complexity index is 851. The average molecular weight is 347 g/mol. The normalized spacial score (nSPS) is 10.1. The summed E-state index contributed by atoms with van der Waals surface area (Å²) >= 11 is 0. The van der Waals surface area contributed by atoms with Gasteiger partial charge in [0, 0.05) is 18.2 Å². The number of nitro benzene ring substituents is 2. The fourth-order valence-electron chi connectivity index (χ4n) is 1.96. The number of rotatable bonds is 6. The number of phenols is 1. The van der Waals surface area contributed by atoms with E-state index in [1.54, 1.807) is 13.0 Å². The van der Waals surface area contributed by atoms with Gasteiger partial charge in [-0.2, -0.15) is 0 Å². The lowest BCUT2D eigenvalue weighted by atomic mass is 10.2. The summed E-state index contributed by atoms with van der Waals surface area (Å²) in [4.78, 5) is 32.3. The minimum Gasteiger partial charge on any atom is -0.506 e. The van der Waals surface area contributed by atoms with Crippen molar-refractivity contribution in [3.05, 3.63) is 62.2 Å². The van der Waals surface area contributed by atoms with Crippen molar-refractivity contribution in [1.29, 1.82) is 0 Å². The zero-order valence-electron chi connectivity index (χ0n) is 13.0. The fraction of sp³-hybridized carbons (Fsp3) is 0.133. The van der Waals surface area contributed by atoms with Crippen LogP contribution in [0.5, 0.6) is 11.5 Å². The van der Waals surface area contributed by atoms with Gasteiger partial charge in [0.2, 0.25) is 0 Å². The number of nitrogens with one attached hydrogen (secondary N) is 1. The van der Waals surface area contributed by atoms with Gasteiger partial charge in [-0.1, -0.05) is 6.07 Å². The predicted molar refractivity (Wildman–Crippen MR) is 86.7 cm³/mol. The first-order valence-electron chi connectivity index (χ1n) is 6.93. The van der Waals surface area contributed by atoms with Gasteiger partial charge in [0.1, 0.15) is 5.75 Å². The number of non-ortho nitro benzene ring substituents is 1. The van der Waals surface area contributed by atoms with Crippen LogP contribution in [-0.2, 0) is 4.79 Å². The molecule has 0 aliphatic heterocycles. The van der Waals surface area contributed by atoms with Crippen LogP contribution < -0.4 is 10.1 Å². The molecule has 2 aromatic rings. The second kappa shape index (κ2) is 7.25. The van der Waals surface area contributed by atoms with Crippen molar-refractivity contribution in [2.24, 2.45) is 0 Å².